The summed E-state index contributed by atoms with van der Waals surface area (Å²) >= 11 is 6.30. The third-order valence-corrected chi connectivity index (χ3v) is 5.54. The van der Waals surface area contributed by atoms with E-state index in [0.29, 0.717) is 10.9 Å². The van der Waals surface area contributed by atoms with Gasteiger partial charge >= 0.3 is 18.2 Å². The summed E-state index contributed by atoms with van der Waals surface area (Å²) in [5, 5.41) is 12.8. The first-order valence-electron chi connectivity index (χ1n) is 10.8. The molecule has 3 aromatic heterocycles. The highest BCUT2D eigenvalue weighted by Crippen LogP contribution is 2.39. The number of carboxylic acids is 1. The molecular formula is C23H20ClF4N5O4. The fourth-order valence-electron chi connectivity index (χ4n) is 3.87. The molecule has 37 heavy (non-hydrogen) atoms. The van der Waals surface area contributed by atoms with Gasteiger partial charge in [-0.1, -0.05) is 11.6 Å². The largest absolute Gasteiger partial charge is 0.478 e. The first kappa shape index (κ1) is 26.2. The van der Waals surface area contributed by atoms with Crippen LogP contribution in [0.4, 0.5) is 28.0 Å². The highest BCUT2D eigenvalue weighted by atomic mass is 35.5. The molecule has 0 bridgehead atoms. The number of anilines is 1. The smallest absolute Gasteiger partial charge is 0.436 e. The second-order valence-electron chi connectivity index (χ2n) is 9.01. The summed E-state index contributed by atoms with van der Waals surface area (Å²) in [7, 11) is 0. The lowest BCUT2D eigenvalue weighted by Gasteiger charge is -2.27. The van der Waals surface area contributed by atoms with E-state index in [1.165, 1.54) is 4.90 Å². The minimum atomic E-state index is -5.06. The van der Waals surface area contributed by atoms with Crippen LogP contribution in [0.1, 0.15) is 43.7 Å². The van der Waals surface area contributed by atoms with Crippen LogP contribution in [-0.4, -0.2) is 49.1 Å². The summed E-state index contributed by atoms with van der Waals surface area (Å²) in [4.78, 5) is 32.6. The third-order valence-electron chi connectivity index (χ3n) is 5.27. The highest BCUT2D eigenvalue weighted by molar-refractivity contribution is 6.34. The van der Waals surface area contributed by atoms with Gasteiger partial charge in [-0.2, -0.15) is 18.3 Å². The fourth-order valence-corrected chi connectivity index (χ4v) is 4.10. The SMILES string of the molecule is CCN(C(=O)OC(C)(C)C)c1cc(F)cc2c1[nH]c1ncc(Cl)c(-n3cc(C(=O)O)c(C(F)(F)F)n3)c12. The molecule has 0 aliphatic rings. The zero-order valence-electron chi connectivity index (χ0n) is 19.9. The highest BCUT2D eigenvalue weighted by Gasteiger charge is 2.40. The molecule has 196 valence electrons. The van der Waals surface area contributed by atoms with Gasteiger partial charge in [0, 0.05) is 18.1 Å². The normalized spacial score (nSPS) is 12.4. The van der Waals surface area contributed by atoms with Crippen molar-refractivity contribution >= 4 is 51.3 Å². The number of nitrogens with one attached hydrogen (secondary N) is 1. The van der Waals surface area contributed by atoms with Crippen LogP contribution in [0.25, 0.3) is 27.6 Å². The van der Waals surface area contributed by atoms with Crippen LogP contribution in [0.3, 0.4) is 0 Å². The monoisotopic (exact) mass is 541 g/mol. The number of alkyl halides is 3. The van der Waals surface area contributed by atoms with Crippen molar-refractivity contribution in [2.24, 2.45) is 0 Å². The maximum atomic E-state index is 14.9. The fraction of sp³-hybridized carbons (Fsp3) is 0.304. The van der Waals surface area contributed by atoms with Gasteiger partial charge < -0.3 is 14.8 Å². The molecule has 9 nitrogen and oxygen atoms in total. The number of halogens is 5. The Morgan fingerprint density at radius 3 is 2.46 bits per heavy atom. The van der Waals surface area contributed by atoms with Gasteiger partial charge in [-0.3, -0.25) is 4.90 Å². The number of aromatic nitrogens is 4. The molecule has 0 saturated heterocycles. The van der Waals surface area contributed by atoms with Gasteiger partial charge in [0.2, 0.25) is 0 Å². The minimum Gasteiger partial charge on any atom is -0.478 e. The predicted octanol–water partition coefficient (Wildman–Crippen LogP) is 6.17. The Balaban J connectivity index is 2.02. The first-order chi connectivity index (χ1) is 17.1. The number of aromatic amines is 1. The molecule has 0 spiro atoms. The summed E-state index contributed by atoms with van der Waals surface area (Å²) in [5.74, 6) is -2.61. The van der Waals surface area contributed by atoms with Crippen LogP contribution < -0.4 is 4.90 Å². The summed E-state index contributed by atoms with van der Waals surface area (Å²) < 4.78 is 61.4. The van der Waals surface area contributed by atoms with Crippen molar-refractivity contribution in [3.8, 4) is 5.69 Å². The van der Waals surface area contributed by atoms with E-state index in [-0.39, 0.29) is 44.9 Å². The second kappa shape index (κ2) is 8.91. The zero-order chi connectivity index (χ0) is 27.4. The summed E-state index contributed by atoms with van der Waals surface area (Å²) in [6, 6.07) is 2.19. The van der Waals surface area contributed by atoms with Crippen LogP contribution in [0.15, 0.2) is 24.5 Å². The lowest BCUT2D eigenvalue weighted by Crippen LogP contribution is -2.37. The van der Waals surface area contributed by atoms with Crippen molar-refractivity contribution in [1.82, 2.24) is 19.7 Å². The van der Waals surface area contributed by atoms with E-state index in [2.05, 4.69) is 15.1 Å². The number of fused-ring (bicyclic) bond motifs is 3. The summed E-state index contributed by atoms with van der Waals surface area (Å²) in [5.41, 5.74) is -3.32. The lowest BCUT2D eigenvalue weighted by atomic mass is 10.1. The molecule has 14 heteroatoms. The summed E-state index contributed by atoms with van der Waals surface area (Å²) in [6.45, 7) is 6.77. The Morgan fingerprint density at radius 2 is 1.92 bits per heavy atom. The molecule has 1 amide bonds. The molecule has 4 rings (SSSR count). The van der Waals surface area contributed by atoms with E-state index >= 15 is 0 Å². The van der Waals surface area contributed by atoms with Crippen molar-refractivity contribution in [3.05, 3.63) is 46.6 Å². The molecule has 0 aliphatic carbocycles. The zero-order valence-corrected chi connectivity index (χ0v) is 20.6. The van der Waals surface area contributed by atoms with Crippen LogP contribution >= 0.6 is 11.6 Å². The van der Waals surface area contributed by atoms with Crippen LogP contribution in [0, 0.1) is 5.82 Å². The van der Waals surface area contributed by atoms with Gasteiger partial charge in [0.25, 0.3) is 0 Å². The Labute approximate surface area is 211 Å². The second-order valence-corrected chi connectivity index (χ2v) is 9.42. The van der Waals surface area contributed by atoms with Crippen LogP contribution in [-0.2, 0) is 10.9 Å². The number of ether oxygens (including phenoxy) is 1. The molecule has 0 atom stereocenters. The van der Waals surface area contributed by atoms with Crippen molar-refractivity contribution in [2.75, 3.05) is 11.4 Å². The van der Waals surface area contributed by atoms with Crippen molar-refractivity contribution in [1.29, 1.82) is 0 Å². The van der Waals surface area contributed by atoms with Gasteiger partial charge in [0.05, 0.1) is 33.5 Å². The number of carbonyl (C=O) groups excluding carboxylic acids is 1. The molecule has 0 unspecified atom stereocenters. The molecule has 4 aromatic rings. The third kappa shape index (κ3) is 4.78. The van der Waals surface area contributed by atoms with Gasteiger partial charge in [0.1, 0.15) is 22.6 Å². The number of benzene rings is 1. The van der Waals surface area contributed by atoms with E-state index in [1.807, 2.05) is 0 Å². The molecule has 0 aliphatic heterocycles. The van der Waals surface area contributed by atoms with Gasteiger partial charge in [-0.05, 0) is 39.8 Å². The number of carboxylic acid groups (broad SMARTS) is 1. The quantitative estimate of drug-likeness (QED) is 0.299. The molecule has 1 aromatic carbocycles. The maximum Gasteiger partial charge on any atom is 0.436 e. The van der Waals surface area contributed by atoms with Gasteiger partial charge in [-0.15, -0.1) is 0 Å². The predicted molar refractivity (Wildman–Crippen MR) is 127 cm³/mol. The Bertz CT molecular complexity index is 1560. The van der Waals surface area contributed by atoms with E-state index in [1.54, 1.807) is 27.7 Å². The van der Waals surface area contributed by atoms with Crippen LogP contribution in [0.2, 0.25) is 5.02 Å². The average molecular weight is 542 g/mol. The number of rotatable bonds is 4. The van der Waals surface area contributed by atoms with Crippen molar-refractivity contribution in [2.45, 2.75) is 39.5 Å². The first-order valence-corrected chi connectivity index (χ1v) is 11.2. The molecular weight excluding hydrogens is 522 g/mol. The number of hydrogen-bond acceptors (Lipinski definition) is 5. The minimum absolute atomic E-state index is 0.0663. The van der Waals surface area contributed by atoms with Gasteiger partial charge in [-0.25, -0.2) is 23.6 Å². The number of amides is 1. The average Bonchev–Trinajstić information content (AvgIpc) is 3.35. The van der Waals surface area contributed by atoms with Crippen LogP contribution in [0.5, 0.6) is 0 Å². The topological polar surface area (TPSA) is 113 Å². The number of nitrogens with zero attached hydrogens (tertiary/aromatic N) is 4. The standard InChI is InChI=1S/C23H20ClF4N5O4/c1-5-32(21(36)37-22(2,3)4)14-7-10(25)6-11-15-17(13(24)8-29-19(15)30-16(11)14)33-9-12(20(34)35)18(31-33)23(26,27)28/h6-9H,5H2,1-4H3,(H,29,30)(H,34,35). The number of aromatic carboxylic acids is 1. The Kier molecular flexibility index (Phi) is 6.31. The summed E-state index contributed by atoms with van der Waals surface area (Å²) in [6.07, 6.45) is -4.01. The molecule has 3 heterocycles. The number of carbonyl (C=O) groups is 2. The number of pyridine rings is 1. The van der Waals surface area contributed by atoms with Gasteiger partial charge in [0.15, 0.2) is 5.69 Å². The lowest BCUT2D eigenvalue weighted by molar-refractivity contribution is -0.141. The number of hydrogen-bond donors (Lipinski definition) is 2. The molecule has 0 saturated carbocycles. The molecule has 0 fully saturated rings. The van der Waals surface area contributed by atoms with E-state index in [4.69, 9.17) is 16.3 Å². The molecule has 2 N–H and O–H groups in total. The van der Waals surface area contributed by atoms with E-state index < -0.39 is 40.9 Å². The maximum absolute atomic E-state index is 14.9. The Morgan fingerprint density at radius 1 is 1.24 bits per heavy atom. The number of H-pyrrole nitrogens is 1. The Hall–Kier alpha value is -3.87. The molecule has 0 radical (unpaired) electrons. The van der Waals surface area contributed by atoms with Crippen molar-refractivity contribution < 1.29 is 37.0 Å². The van der Waals surface area contributed by atoms with Crippen molar-refractivity contribution in [3.63, 3.8) is 0 Å². The van der Waals surface area contributed by atoms with E-state index in [0.717, 1.165) is 18.3 Å². The van der Waals surface area contributed by atoms with E-state index in [9.17, 15) is 32.3 Å².